The molecule has 3 fully saturated rings. The maximum absolute atomic E-state index is 10.5. The SMILES string of the molecule is CCCCCCOc1nsnc1C12CCC(CN1)CC2O.O=C(O)C(=O)O. The molecule has 4 rings (SSSR count). The van der Waals surface area contributed by atoms with Crippen LogP contribution in [-0.4, -0.2) is 55.3 Å². The number of carbonyl (C=O) groups is 2. The lowest BCUT2D eigenvalue weighted by Crippen LogP contribution is -2.61. The van der Waals surface area contributed by atoms with Gasteiger partial charge in [-0.3, -0.25) is 0 Å². The normalized spacial score (nSPS) is 26.1. The summed E-state index contributed by atoms with van der Waals surface area (Å²) in [7, 11) is 0. The van der Waals surface area contributed by atoms with Gasteiger partial charge in [-0.15, -0.1) is 4.37 Å². The van der Waals surface area contributed by atoms with Gasteiger partial charge in [0.25, 0.3) is 5.88 Å². The standard InChI is InChI=1S/C15H25N3O2S.C2H2O4/c1-2-3-4-5-8-20-14-13(17-21-18-14)15-7-6-11(10-16-15)9-12(15)19;3-1(4)2(5)6/h11-12,16,19H,2-10H2,1H3;(H,3,4)(H,5,6). The Labute approximate surface area is 162 Å². The second-order valence-electron chi connectivity index (χ2n) is 6.95. The number of carboxylic acids is 2. The molecular formula is C17H27N3O6S. The van der Waals surface area contributed by atoms with Crippen molar-refractivity contribution < 1.29 is 29.6 Å². The van der Waals surface area contributed by atoms with Crippen molar-refractivity contribution in [3.05, 3.63) is 5.69 Å². The number of aromatic nitrogens is 2. The van der Waals surface area contributed by atoms with Gasteiger partial charge in [0.2, 0.25) is 0 Å². The van der Waals surface area contributed by atoms with E-state index in [9.17, 15) is 5.11 Å². The third-order valence-electron chi connectivity index (χ3n) is 5.08. The average Bonchev–Trinajstić information content (AvgIpc) is 3.12. The van der Waals surface area contributed by atoms with Crippen LogP contribution in [0.15, 0.2) is 0 Å². The van der Waals surface area contributed by atoms with Crippen LogP contribution in [0.3, 0.4) is 0 Å². The molecule has 0 spiro atoms. The number of rotatable bonds is 7. The van der Waals surface area contributed by atoms with E-state index in [1.807, 2.05) is 0 Å². The highest BCUT2D eigenvalue weighted by Crippen LogP contribution is 2.45. The molecule has 2 aliphatic heterocycles. The Balaban J connectivity index is 0.000000380. The van der Waals surface area contributed by atoms with Gasteiger partial charge in [0.05, 0.1) is 30.0 Å². The second-order valence-corrected chi connectivity index (χ2v) is 7.47. The van der Waals surface area contributed by atoms with Crippen molar-refractivity contribution in [3.63, 3.8) is 0 Å². The molecule has 3 heterocycles. The van der Waals surface area contributed by atoms with Crippen LogP contribution in [0.5, 0.6) is 5.88 Å². The van der Waals surface area contributed by atoms with Crippen molar-refractivity contribution in [1.29, 1.82) is 0 Å². The monoisotopic (exact) mass is 401 g/mol. The summed E-state index contributed by atoms with van der Waals surface area (Å²) in [6.45, 7) is 3.85. The minimum absolute atomic E-state index is 0.378. The molecule has 2 saturated heterocycles. The number of piperidine rings is 2. The molecule has 9 nitrogen and oxygen atoms in total. The lowest BCUT2D eigenvalue weighted by molar-refractivity contribution is -0.159. The molecule has 0 radical (unpaired) electrons. The molecule has 4 N–H and O–H groups in total. The highest BCUT2D eigenvalue weighted by atomic mass is 32.1. The highest BCUT2D eigenvalue weighted by Gasteiger charge is 2.51. The molecule has 1 aromatic rings. The van der Waals surface area contributed by atoms with Crippen molar-refractivity contribution >= 4 is 23.7 Å². The molecule has 10 heteroatoms. The number of ether oxygens (including phenoxy) is 1. The summed E-state index contributed by atoms with van der Waals surface area (Å²) in [6, 6.07) is 0. The number of nitrogens with zero attached hydrogens (tertiary/aromatic N) is 2. The van der Waals surface area contributed by atoms with E-state index in [1.165, 1.54) is 31.0 Å². The molecule has 2 bridgehead atoms. The zero-order valence-electron chi connectivity index (χ0n) is 15.4. The number of fused-ring (bicyclic) bond motifs is 3. The largest absolute Gasteiger partial charge is 0.476 e. The second kappa shape index (κ2) is 9.95. The predicted octanol–water partition coefficient (Wildman–Crippen LogP) is 1.61. The summed E-state index contributed by atoms with van der Waals surface area (Å²) < 4.78 is 14.6. The Morgan fingerprint density at radius 2 is 2.00 bits per heavy atom. The maximum Gasteiger partial charge on any atom is 0.414 e. The summed E-state index contributed by atoms with van der Waals surface area (Å²) in [4.78, 5) is 18.2. The molecule has 27 heavy (non-hydrogen) atoms. The first-order valence-electron chi connectivity index (χ1n) is 9.25. The van der Waals surface area contributed by atoms with E-state index in [-0.39, 0.29) is 6.10 Å². The average molecular weight is 401 g/mol. The van der Waals surface area contributed by atoms with Crippen LogP contribution in [0.2, 0.25) is 0 Å². The van der Waals surface area contributed by atoms with Crippen LogP contribution >= 0.6 is 11.7 Å². The molecule has 1 saturated carbocycles. The smallest absolute Gasteiger partial charge is 0.414 e. The van der Waals surface area contributed by atoms with Gasteiger partial charge in [-0.25, -0.2) is 9.59 Å². The summed E-state index contributed by atoms with van der Waals surface area (Å²) in [6.07, 6.45) is 7.28. The Hall–Kier alpha value is -1.78. The molecule has 1 aromatic heterocycles. The number of unbranched alkanes of at least 4 members (excludes halogenated alkanes) is 3. The van der Waals surface area contributed by atoms with E-state index in [4.69, 9.17) is 24.5 Å². The molecule has 152 valence electrons. The maximum atomic E-state index is 10.5. The Morgan fingerprint density at radius 3 is 2.56 bits per heavy atom. The zero-order chi connectivity index (χ0) is 19.9. The van der Waals surface area contributed by atoms with Gasteiger partial charge in [0.1, 0.15) is 5.69 Å². The van der Waals surface area contributed by atoms with E-state index in [0.29, 0.717) is 18.4 Å². The summed E-state index contributed by atoms with van der Waals surface area (Å²) >= 11 is 1.19. The van der Waals surface area contributed by atoms with Crippen molar-refractivity contribution in [2.75, 3.05) is 13.2 Å². The summed E-state index contributed by atoms with van der Waals surface area (Å²) in [5.74, 6) is -2.42. The Kier molecular flexibility index (Phi) is 7.93. The van der Waals surface area contributed by atoms with E-state index < -0.39 is 17.5 Å². The van der Waals surface area contributed by atoms with E-state index in [2.05, 4.69) is 21.0 Å². The molecular weight excluding hydrogens is 374 g/mol. The van der Waals surface area contributed by atoms with Crippen molar-refractivity contribution in [2.24, 2.45) is 5.92 Å². The van der Waals surface area contributed by atoms with Gasteiger partial charge >= 0.3 is 11.9 Å². The number of aliphatic hydroxyl groups excluding tert-OH is 1. The fourth-order valence-electron chi connectivity index (χ4n) is 3.56. The van der Waals surface area contributed by atoms with Gasteiger partial charge in [-0.05, 0) is 38.1 Å². The van der Waals surface area contributed by atoms with E-state index >= 15 is 0 Å². The van der Waals surface area contributed by atoms with Gasteiger partial charge in [0.15, 0.2) is 0 Å². The third-order valence-corrected chi connectivity index (χ3v) is 5.59. The Morgan fingerprint density at radius 1 is 1.26 bits per heavy atom. The van der Waals surface area contributed by atoms with Crippen molar-refractivity contribution in [3.8, 4) is 5.88 Å². The van der Waals surface area contributed by atoms with Crippen LogP contribution in [0.25, 0.3) is 0 Å². The van der Waals surface area contributed by atoms with E-state index in [1.54, 1.807) is 0 Å². The van der Waals surface area contributed by atoms with Crippen molar-refractivity contribution in [2.45, 2.75) is 63.5 Å². The molecule has 0 aromatic carbocycles. The minimum atomic E-state index is -1.82. The molecule has 3 atom stereocenters. The van der Waals surface area contributed by atoms with E-state index in [0.717, 1.165) is 37.9 Å². The molecule has 1 aliphatic carbocycles. The van der Waals surface area contributed by atoms with Crippen LogP contribution in [0.1, 0.15) is 57.6 Å². The summed E-state index contributed by atoms with van der Waals surface area (Å²) in [5, 5.41) is 28.8. The molecule has 0 amide bonds. The van der Waals surface area contributed by atoms with Crippen LogP contribution in [0.4, 0.5) is 0 Å². The number of nitrogens with one attached hydrogen (secondary N) is 1. The van der Waals surface area contributed by atoms with Gasteiger partial charge in [-0.1, -0.05) is 26.2 Å². The van der Waals surface area contributed by atoms with Gasteiger partial charge in [-0.2, -0.15) is 4.37 Å². The van der Waals surface area contributed by atoms with Gasteiger partial charge in [0, 0.05) is 0 Å². The lowest BCUT2D eigenvalue weighted by Gasteiger charge is -2.49. The zero-order valence-corrected chi connectivity index (χ0v) is 16.2. The highest BCUT2D eigenvalue weighted by molar-refractivity contribution is 6.99. The van der Waals surface area contributed by atoms with Crippen LogP contribution in [0, 0.1) is 5.92 Å². The predicted molar refractivity (Wildman–Crippen MR) is 97.8 cm³/mol. The number of hydrogen-bond donors (Lipinski definition) is 4. The fraction of sp³-hybridized carbons (Fsp3) is 0.765. The van der Waals surface area contributed by atoms with Crippen LogP contribution in [-0.2, 0) is 15.1 Å². The quantitative estimate of drug-likeness (QED) is 0.396. The van der Waals surface area contributed by atoms with Gasteiger partial charge < -0.3 is 25.4 Å². The first-order valence-corrected chi connectivity index (χ1v) is 9.99. The van der Waals surface area contributed by atoms with Crippen LogP contribution < -0.4 is 10.1 Å². The molecule has 3 unspecified atom stereocenters. The third kappa shape index (κ3) is 5.36. The lowest BCUT2D eigenvalue weighted by atomic mass is 9.68. The number of hydrogen-bond acceptors (Lipinski definition) is 8. The summed E-state index contributed by atoms with van der Waals surface area (Å²) in [5.41, 5.74) is 0.397. The fourth-order valence-corrected chi connectivity index (χ4v) is 4.13. The Bertz CT molecular complexity index is 618. The topological polar surface area (TPSA) is 142 Å². The van der Waals surface area contributed by atoms with Crippen molar-refractivity contribution in [1.82, 2.24) is 14.1 Å². The molecule has 3 aliphatic rings. The minimum Gasteiger partial charge on any atom is -0.476 e. The number of carboxylic acid groups (broad SMARTS) is 2. The number of aliphatic hydroxyl groups is 1. The first-order chi connectivity index (χ1) is 12.9. The first kappa shape index (κ1) is 21.5. The number of aliphatic carboxylic acids is 2.